The molecule has 0 aliphatic rings. The van der Waals surface area contributed by atoms with Crippen LogP contribution in [0.2, 0.25) is 0 Å². The van der Waals surface area contributed by atoms with Crippen LogP contribution < -0.4 is 5.32 Å². The maximum atomic E-state index is 12.6. The molecular formula is C20H25NO3S. The second kappa shape index (κ2) is 8.81. The molecule has 0 unspecified atom stereocenters. The fourth-order valence-corrected chi connectivity index (χ4v) is 4.24. The van der Waals surface area contributed by atoms with Crippen molar-refractivity contribution in [1.29, 1.82) is 0 Å². The van der Waals surface area contributed by atoms with E-state index in [9.17, 15) is 13.2 Å². The number of rotatable bonds is 8. The Morgan fingerprint density at radius 1 is 1.04 bits per heavy atom. The summed E-state index contributed by atoms with van der Waals surface area (Å²) in [5.74, 6) is -0.295. The molecule has 1 atom stereocenters. The first-order chi connectivity index (χ1) is 11.9. The van der Waals surface area contributed by atoms with Crippen molar-refractivity contribution in [2.75, 3.05) is 5.75 Å². The lowest BCUT2D eigenvalue weighted by Crippen LogP contribution is -2.33. The van der Waals surface area contributed by atoms with Crippen LogP contribution in [0.1, 0.15) is 42.6 Å². The van der Waals surface area contributed by atoms with Gasteiger partial charge in [0.25, 0.3) is 5.91 Å². The van der Waals surface area contributed by atoms with Gasteiger partial charge in [-0.15, -0.1) is 0 Å². The van der Waals surface area contributed by atoms with E-state index >= 15 is 0 Å². The molecule has 25 heavy (non-hydrogen) atoms. The number of aryl methyl sites for hydroxylation is 1. The summed E-state index contributed by atoms with van der Waals surface area (Å²) < 4.78 is 24.7. The Hall–Kier alpha value is -2.14. The van der Waals surface area contributed by atoms with Gasteiger partial charge in [-0.25, -0.2) is 8.42 Å². The first-order valence-corrected chi connectivity index (χ1v) is 10.3. The second-order valence-corrected chi connectivity index (χ2v) is 8.29. The third kappa shape index (κ3) is 5.43. The number of hydrogen-bond donors (Lipinski definition) is 1. The normalized spacial score (nSPS) is 12.6. The van der Waals surface area contributed by atoms with Gasteiger partial charge < -0.3 is 5.32 Å². The van der Waals surface area contributed by atoms with Crippen LogP contribution in [-0.4, -0.2) is 26.1 Å². The summed E-state index contributed by atoms with van der Waals surface area (Å²) in [7, 11) is -3.44. The largest absolute Gasteiger partial charge is 0.350 e. The molecule has 0 aliphatic heterocycles. The van der Waals surface area contributed by atoms with E-state index in [2.05, 4.69) is 17.4 Å². The molecule has 0 bridgehead atoms. The molecule has 2 aromatic rings. The fourth-order valence-electron chi connectivity index (χ4n) is 2.71. The summed E-state index contributed by atoms with van der Waals surface area (Å²) in [5.41, 5.74) is 1.44. The molecule has 2 aromatic carbocycles. The van der Waals surface area contributed by atoms with Crippen molar-refractivity contribution in [1.82, 2.24) is 5.32 Å². The highest BCUT2D eigenvalue weighted by atomic mass is 32.2. The number of hydrogen-bond acceptors (Lipinski definition) is 3. The van der Waals surface area contributed by atoms with Gasteiger partial charge in [0, 0.05) is 6.04 Å². The van der Waals surface area contributed by atoms with Crippen LogP contribution in [0.3, 0.4) is 0 Å². The summed E-state index contributed by atoms with van der Waals surface area (Å²) in [4.78, 5) is 12.7. The van der Waals surface area contributed by atoms with Crippen LogP contribution in [0.25, 0.3) is 0 Å². The van der Waals surface area contributed by atoms with Gasteiger partial charge in [0.05, 0.1) is 16.2 Å². The van der Waals surface area contributed by atoms with Crippen LogP contribution in [-0.2, 0) is 16.3 Å². The SMILES string of the molecule is CCCS(=O)(=O)c1ccccc1C(=O)N[C@H](C)CCc1ccccc1. The number of nitrogens with one attached hydrogen (secondary N) is 1. The minimum Gasteiger partial charge on any atom is -0.350 e. The van der Waals surface area contributed by atoms with E-state index in [1.54, 1.807) is 18.2 Å². The van der Waals surface area contributed by atoms with Crippen LogP contribution in [0.15, 0.2) is 59.5 Å². The molecular weight excluding hydrogens is 334 g/mol. The zero-order valence-corrected chi connectivity index (χ0v) is 15.6. The molecule has 1 amide bonds. The van der Waals surface area contributed by atoms with Crippen molar-refractivity contribution in [2.24, 2.45) is 0 Å². The van der Waals surface area contributed by atoms with Gasteiger partial charge in [0.15, 0.2) is 9.84 Å². The molecule has 5 heteroatoms. The third-order valence-corrected chi connectivity index (χ3v) is 6.00. The molecule has 4 nitrogen and oxygen atoms in total. The Morgan fingerprint density at radius 3 is 2.36 bits per heavy atom. The molecule has 1 N–H and O–H groups in total. The lowest BCUT2D eigenvalue weighted by Gasteiger charge is -2.16. The zero-order valence-electron chi connectivity index (χ0n) is 14.7. The summed E-state index contributed by atoms with van der Waals surface area (Å²) in [6.45, 7) is 3.75. The zero-order chi connectivity index (χ0) is 18.3. The molecule has 0 radical (unpaired) electrons. The maximum Gasteiger partial charge on any atom is 0.252 e. The third-order valence-electron chi connectivity index (χ3n) is 4.03. The minimum atomic E-state index is -3.44. The topological polar surface area (TPSA) is 63.2 Å². The highest BCUT2D eigenvalue weighted by molar-refractivity contribution is 7.91. The van der Waals surface area contributed by atoms with Crippen molar-refractivity contribution in [3.05, 3.63) is 65.7 Å². The highest BCUT2D eigenvalue weighted by Crippen LogP contribution is 2.18. The lowest BCUT2D eigenvalue weighted by molar-refractivity contribution is 0.0935. The van der Waals surface area contributed by atoms with Crippen LogP contribution in [0, 0.1) is 0 Å². The van der Waals surface area contributed by atoms with Crippen molar-refractivity contribution in [3.63, 3.8) is 0 Å². The fraction of sp³-hybridized carbons (Fsp3) is 0.350. The van der Waals surface area contributed by atoms with E-state index in [-0.39, 0.29) is 28.2 Å². The first-order valence-electron chi connectivity index (χ1n) is 8.60. The van der Waals surface area contributed by atoms with Gasteiger partial charge in [-0.3, -0.25) is 4.79 Å². The maximum absolute atomic E-state index is 12.6. The van der Waals surface area contributed by atoms with E-state index in [1.807, 2.05) is 32.0 Å². The second-order valence-electron chi connectivity index (χ2n) is 6.21. The van der Waals surface area contributed by atoms with Crippen molar-refractivity contribution in [3.8, 4) is 0 Å². The Kier molecular flexibility index (Phi) is 6.76. The van der Waals surface area contributed by atoms with Crippen molar-refractivity contribution in [2.45, 2.75) is 44.0 Å². The van der Waals surface area contributed by atoms with Gasteiger partial charge in [-0.05, 0) is 43.9 Å². The van der Waals surface area contributed by atoms with Gasteiger partial charge in [0.1, 0.15) is 0 Å². The molecule has 0 heterocycles. The van der Waals surface area contributed by atoms with Gasteiger partial charge in [0.2, 0.25) is 0 Å². The first kappa shape index (κ1) is 19.2. The monoisotopic (exact) mass is 359 g/mol. The average molecular weight is 359 g/mol. The van der Waals surface area contributed by atoms with E-state index in [1.165, 1.54) is 11.6 Å². The Bertz CT molecular complexity index is 801. The predicted molar refractivity (Wildman–Crippen MR) is 100 cm³/mol. The quantitative estimate of drug-likeness (QED) is 0.783. The lowest BCUT2D eigenvalue weighted by atomic mass is 10.1. The van der Waals surface area contributed by atoms with Crippen molar-refractivity contribution < 1.29 is 13.2 Å². The molecule has 0 aromatic heterocycles. The number of sulfone groups is 1. The summed E-state index contributed by atoms with van der Waals surface area (Å²) in [6, 6.07) is 16.4. The van der Waals surface area contributed by atoms with Crippen LogP contribution >= 0.6 is 0 Å². The smallest absolute Gasteiger partial charge is 0.252 e. The van der Waals surface area contributed by atoms with Gasteiger partial charge in [-0.2, -0.15) is 0 Å². The van der Waals surface area contributed by atoms with E-state index in [0.717, 1.165) is 12.8 Å². The summed E-state index contributed by atoms with van der Waals surface area (Å²) >= 11 is 0. The van der Waals surface area contributed by atoms with Crippen LogP contribution in [0.4, 0.5) is 0 Å². The molecule has 0 saturated carbocycles. The number of benzene rings is 2. The minimum absolute atomic E-state index is 0.0425. The number of carbonyl (C=O) groups excluding carboxylic acids is 1. The average Bonchev–Trinajstić information content (AvgIpc) is 2.61. The molecule has 0 aliphatic carbocycles. The molecule has 134 valence electrons. The molecule has 0 saturated heterocycles. The standard InChI is InChI=1S/C20H25NO3S/c1-3-15-25(23,24)19-12-8-7-11-18(19)20(22)21-16(2)13-14-17-9-5-4-6-10-17/h4-12,16H,3,13-15H2,1-2H3,(H,21,22)/t16-/m1/s1. The van der Waals surface area contributed by atoms with E-state index < -0.39 is 9.84 Å². The van der Waals surface area contributed by atoms with Crippen LogP contribution in [0.5, 0.6) is 0 Å². The predicted octanol–water partition coefficient (Wildman–Crippen LogP) is 3.62. The Morgan fingerprint density at radius 2 is 1.68 bits per heavy atom. The van der Waals surface area contributed by atoms with E-state index in [4.69, 9.17) is 0 Å². The Labute approximate surface area is 150 Å². The molecule has 2 rings (SSSR count). The van der Waals surface area contributed by atoms with E-state index in [0.29, 0.717) is 6.42 Å². The van der Waals surface area contributed by atoms with Gasteiger partial charge in [-0.1, -0.05) is 49.4 Å². The van der Waals surface area contributed by atoms with Crippen molar-refractivity contribution >= 4 is 15.7 Å². The summed E-state index contributed by atoms with van der Waals surface area (Å²) in [5, 5.41) is 2.92. The molecule has 0 spiro atoms. The Balaban J connectivity index is 2.06. The summed E-state index contributed by atoms with van der Waals surface area (Å²) in [6.07, 6.45) is 2.17. The highest BCUT2D eigenvalue weighted by Gasteiger charge is 2.22. The number of amides is 1. The number of carbonyl (C=O) groups is 1. The van der Waals surface area contributed by atoms with Gasteiger partial charge >= 0.3 is 0 Å². The molecule has 0 fully saturated rings.